The Balaban J connectivity index is 2.03. The molecule has 20 heavy (non-hydrogen) atoms. The van der Waals surface area contributed by atoms with Crippen LogP contribution >= 0.6 is 27.3 Å². The van der Waals surface area contributed by atoms with Crippen molar-refractivity contribution in [2.24, 2.45) is 0 Å². The molecule has 0 aliphatic carbocycles. The van der Waals surface area contributed by atoms with E-state index in [1.165, 1.54) is 11.3 Å². The molecule has 2 heterocycles. The van der Waals surface area contributed by atoms with Crippen molar-refractivity contribution < 1.29 is 8.42 Å². The molecule has 1 aromatic carbocycles. The second-order valence-electron chi connectivity index (χ2n) is 4.01. The van der Waals surface area contributed by atoms with Gasteiger partial charge in [-0.1, -0.05) is 18.2 Å². The van der Waals surface area contributed by atoms with Crippen molar-refractivity contribution in [1.29, 1.82) is 0 Å². The lowest BCUT2D eigenvalue weighted by atomic mass is 10.4. The van der Waals surface area contributed by atoms with Crippen molar-refractivity contribution in [1.82, 2.24) is 4.98 Å². The average Bonchev–Trinajstić information content (AvgIpc) is 2.76. The number of hydrogen-bond acceptors (Lipinski definition) is 4. The molecule has 0 aliphatic rings. The Morgan fingerprint density at radius 1 is 1.10 bits per heavy atom. The molecule has 0 spiro atoms. The van der Waals surface area contributed by atoms with Gasteiger partial charge in [-0.05, 0) is 40.2 Å². The fourth-order valence-corrected chi connectivity index (χ4v) is 4.95. The lowest BCUT2D eigenvalue weighted by molar-refractivity contribution is 0.601. The molecular weight excluding hydrogens is 360 g/mol. The molecule has 0 radical (unpaired) electrons. The maximum absolute atomic E-state index is 12.3. The number of sulfonamides is 1. The Kier molecular flexibility index (Phi) is 3.49. The molecule has 7 heteroatoms. The summed E-state index contributed by atoms with van der Waals surface area (Å²) >= 11 is 4.74. The van der Waals surface area contributed by atoms with Crippen molar-refractivity contribution in [3.8, 4) is 0 Å². The van der Waals surface area contributed by atoms with Gasteiger partial charge in [0.05, 0.1) is 19.6 Å². The first-order valence-corrected chi connectivity index (χ1v) is 8.78. The molecule has 4 nitrogen and oxygen atoms in total. The highest BCUT2D eigenvalue weighted by Crippen LogP contribution is 2.39. The fourth-order valence-electron chi connectivity index (χ4n) is 1.75. The van der Waals surface area contributed by atoms with Crippen LogP contribution in [0.5, 0.6) is 0 Å². The van der Waals surface area contributed by atoms with E-state index in [1.807, 2.05) is 12.1 Å². The highest BCUT2D eigenvalue weighted by atomic mass is 79.9. The summed E-state index contributed by atoms with van der Waals surface area (Å²) in [4.78, 5) is 4.47. The van der Waals surface area contributed by atoms with Crippen molar-refractivity contribution >= 4 is 52.5 Å². The molecule has 0 saturated carbocycles. The number of hydrogen-bond donors (Lipinski definition) is 1. The van der Waals surface area contributed by atoms with E-state index < -0.39 is 10.0 Å². The van der Waals surface area contributed by atoms with Crippen LogP contribution in [0.15, 0.2) is 58.0 Å². The fraction of sp³-hybridized carbons (Fsp3) is 0. The normalized spacial score (nSPS) is 11.7. The van der Waals surface area contributed by atoms with E-state index in [1.54, 1.807) is 36.5 Å². The quantitative estimate of drug-likeness (QED) is 0.763. The molecule has 0 aliphatic heterocycles. The minimum atomic E-state index is -3.58. The Hall–Kier alpha value is -1.44. The van der Waals surface area contributed by atoms with E-state index in [9.17, 15) is 8.42 Å². The number of nitrogens with one attached hydrogen (secondary N) is 1. The lowest BCUT2D eigenvalue weighted by Crippen LogP contribution is -2.12. The molecule has 1 N–H and O–H groups in total. The predicted octanol–water partition coefficient (Wildman–Crippen LogP) is 3.86. The number of benzene rings is 1. The Bertz CT molecular complexity index is 860. The summed E-state index contributed by atoms with van der Waals surface area (Å²) in [6, 6.07) is 12.0. The third-order valence-electron chi connectivity index (χ3n) is 2.67. The monoisotopic (exact) mass is 368 g/mol. The van der Waals surface area contributed by atoms with E-state index >= 15 is 0 Å². The molecule has 0 fully saturated rings. The molecule has 0 amide bonds. The maximum Gasteiger partial charge on any atom is 0.262 e. The molecular formula is C13H9BrN2O2S2. The summed E-state index contributed by atoms with van der Waals surface area (Å²) in [5.41, 5.74) is 0.753. The van der Waals surface area contributed by atoms with Crippen LogP contribution < -0.4 is 4.72 Å². The highest BCUT2D eigenvalue weighted by Gasteiger charge is 2.18. The number of rotatable bonds is 3. The first-order chi connectivity index (χ1) is 9.58. The second-order valence-corrected chi connectivity index (χ2v) is 7.54. The van der Waals surface area contributed by atoms with Crippen LogP contribution in [0.4, 0.5) is 5.00 Å². The summed E-state index contributed by atoms with van der Waals surface area (Å²) in [7, 11) is -3.58. The van der Waals surface area contributed by atoms with Crippen LogP contribution in [0.1, 0.15) is 0 Å². The van der Waals surface area contributed by atoms with Crippen LogP contribution in [0.3, 0.4) is 0 Å². The minimum absolute atomic E-state index is 0.234. The van der Waals surface area contributed by atoms with E-state index in [-0.39, 0.29) is 4.90 Å². The number of aromatic nitrogens is 1. The Morgan fingerprint density at radius 3 is 2.55 bits per heavy atom. The third-order valence-corrected chi connectivity index (χ3v) is 6.26. The molecule has 0 saturated heterocycles. The van der Waals surface area contributed by atoms with E-state index in [0.29, 0.717) is 9.47 Å². The third kappa shape index (κ3) is 2.44. The maximum atomic E-state index is 12.3. The van der Waals surface area contributed by atoms with Gasteiger partial charge < -0.3 is 0 Å². The summed E-state index contributed by atoms with van der Waals surface area (Å²) in [6.07, 6.45) is 1.68. The van der Waals surface area contributed by atoms with Crippen LogP contribution in [0.25, 0.3) is 10.2 Å². The lowest BCUT2D eigenvalue weighted by Gasteiger charge is -2.06. The molecule has 3 rings (SSSR count). The van der Waals surface area contributed by atoms with Gasteiger partial charge in [0.1, 0.15) is 5.00 Å². The smallest absolute Gasteiger partial charge is 0.262 e. The number of thiophene rings is 1. The number of fused-ring (bicyclic) bond motifs is 1. The molecule has 3 aromatic rings. The number of pyridine rings is 1. The molecule has 0 unspecified atom stereocenters. The molecule has 0 atom stereocenters. The topological polar surface area (TPSA) is 59.1 Å². The number of halogens is 1. The summed E-state index contributed by atoms with van der Waals surface area (Å²) < 4.78 is 28.8. The second kappa shape index (κ2) is 5.16. The van der Waals surface area contributed by atoms with Crippen molar-refractivity contribution in [2.45, 2.75) is 4.90 Å². The number of nitrogens with zero attached hydrogens (tertiary/aromatic N) is 1. The van der Waals surface area contributed by atoms with E-state index in [4.69, 9.17) is 0 Å². The SMILES string of the molecule is O=S(=O)(Nc1sc2cccnc2c1Br)c1ccccc1. The van der Waals surface area contributed by atoms with E-state index in [2.05, 4.69) is 25.6 Å². The molecule has 2 aromatic heterocycles. The largest absolute Gasteiger partial charge is 0.269 e. The van der Waals surface area contributed by atoms with E-state index in [0.717, 1.165) is 10.2 Å². The van der Waals surface area contributed by atoms with Crippen LogP contribution in [-0.4, -0.2) is 13.4 Å². The summed E-state index contributed by atoms with van der Waals surface area (Å²) in [5.74, 6) is 0. The molecule has 102 valence electrons. The van der Waals surface area contributed by atoms with Gasteiger partial charge in [0, 0.05) is 6.20 Å². The number of anilines is 1. The Labute approximate surface area is 128 Å². The van der Waals surface area contributed by atoms with Gasteiger partial charge in [-0.3, -0.25) is 9.71 Å². The van der Waals surface area contributed by atoms with Gasteiger partial charge in [-0.25, -0.2) is 8.42 Å². The van der Waals surface area contributed by atoms with Crippen molar-refractivity contribution in [3.63, 3.8) is 0 Å². The first kappa shape index (κ1) is 13.5. The minimum Gasteiger partial charge on any atom is -0.269 e. The zero-order valence-corrected chi connectivity index (χ0v) is 13.3. The van der Waals surface area contributed by atoms with Crippen molar-refractivity contribution in [2.75, 3.05) is 4.72 Å². The van der Waals surface area contributed by atoms with Crippen molar-refractivity contribution in [3.05, 3.63) is 53.1 Å². The van der Waals surface area contributed by atoms with Gasteiger partial charge >= 0.3 is 0 Å². The van der Waals surface area contributed by atoms with Crippen LogP contribution in [0, 0.1) is 0 Å². The van der Waals surface area contributed by atoms with Gasteiger partial charge in [0.15, 0.2) is 0 Å². The Morgan fingerprint density at radius 2 is 1.85 bits per heavy atom. The van der Waals surface area contributed by atoms with Crippen LogP contribution in [-0.2, 0) is 10.0 Å². The standard InChI is InChI=1S/C13H9BrN2O2S2/c14-11-12-10(7-4-8-15-12)19-13(11)16-20(17,18)9-5-2-1-3-6-9/h1-8,16H. The predicted molar refractivity (Wildman–Crippen MR) is 84.6 cm³/mol. The first-order valence-electron chi connectivity index (χ1n) is 5.69. The highest BCUT2D eigenvalue weighted by molar-refractivity contribution is 9.10. The van der Waals surface area contributed by atoms with Gasteiger partial charge in [0.25, 0.3) is 10.0 Å². The van der Waals surface area contributed by atoms with Gasteiger partial charge in [0.2, 0.25) is 0 Å². The molecule has 0 bridgehead atoms. The summed E-state index contributed by atoms with van der Waals surface area (Å²) in [5, 5.41) is 0.530. The summed E-state index contributed by atoms with van der Waals surface area (Å²) in [6.45, 7) is 0. The van der Waals surface area contributed by atoms with Gasteiger partial charge in [-0.15, -0.1) is 11.3 Å². The zero-order chi connectivity index (χ0) is 14.2. The van der Waals surface area contributed by atoms with Crippen LogP contribution in [0.2, 0.25) is 0 Å². The average molecular weight is 369 g/mol. The zero-order valence-electron chi connectivity index (χ0n) is 10.1. The van der Waals surface area contributed by atoms with Gasteiger partial charge in [-0.2, -0.15) is 0 Å².